The smallest absolute Gasteiger partial charge is 0.307 e. The number of carbonyl (C=O) groups is 2. The Kier molecular flexibility index (Phi) is 6.39. The van der Waals surface area contributed by atoms with Gasteiger partial charge in [-0.2, -0.15) is 0 Å². The number of methoxy groups -OCH3 is 1. The maximum Gasteiger partial charge on any atom is 0.307 e. The van der Waals surface area contributed by atoms with Gasteiger partial charge in [0.2, 0.25) is 5.91 Å². The van der Waals surface area contributed by atoms with Crippen molar-refractivity contribution in [3.8, 4) is 0 Å². The van der Waals surface area contributed by atoms with Crippen LogP contribution >= 0.6 is 23.2 Å². The van der Waals surface area contributed by atoms with Crippen molar-refractivity contribution in [1.29, 1.82) is 0 Å². The number of nitrogens with one attached hydrogen (secondary N) is 1. The van der Waals surface area contributed by atoms with Gasteiger partial charge in [0.15, 0.2) is 0 Å². The first-order chi connectivity index (χ1) is 9.04. The van der Waals surface area contributed by atoms with Crippen LogP contribution in [0.2, 0.25) is 10.0 Å². The Morgan fingerprint density at radius 1 is 1.37 bits per heavy atom. The standard InChI is InChI=1S/C13H13Cl2NO3/c1-19-12(18)7-8-16-11(17)6-5-9-3-2-4-10(14)13(9)15/h2-6H,7-8H2,1H3,(H,16,17). The van der Waals surface area contributed by atoms with Gasteiger partial charge >= 0.3 is 5.97 Å². The average Bonchev–Trinajstić information content (AvgIpc) is 2.40. The monoisotopic (exact) mass is 301 g/mol. The quantitative estimate of drug-likeness (QED) is 0.672. The molecule has 0 aromatic heterocycles. The lowest BCUT2D eigenvalue weighted by molar-refractivity contribution is -0.140. The molecule has 0 unspecified atom stereocenters. The molecular weight excluding hydrogens is 289 g/mol. The molecule has 0 spiro atoms. The second-order valence-corrected chi connectivity index (χ2v) is 4.38. The number of ether oxygens (including phenoxy) is 1. The van der Waals surface area contributed by atoms with E-state index >= 15 is 0 Å². The molecule has 0 atom stereocenters. The van der Waals surface area contributed by atoms with Gasteiger partial charge in [0.25, 0.3) is 0 Å². The Labute approximate surface area is 121 Å². The van der Waals surface area contributed by atoms with E-state index in [4.69, 9.17) is 23.2 Å². The van der Waals surface area contributed by atoms with Crippen molar-refractivity contribution in [2.75, 3.05) is 13.7 Å². The second-order valence-electron chi connectivity index (χ2n) is 3.59. The molecule has 1 N–H and O–H groups in total. The number of benzene rings is 1. The van der Waals surface area contributed by atoms with Crippen LogP contribution in [0.3, 0.4) is 0 Å². The van der Waals surface area contributed by atoms with E-state index in [1.54, 1.807) is 24.3 Å². The number of hydrogen-bond acceptors (Lipinski definition) is 3. The fraction of sp³-hybridized carbons (Fsp3) is 0.231. The molecule has 1 rings (SSSR count). The van der Waals surface area contributed by atoms with E-state index < -0.39 is 0 Å². The van der Waals surface area contributed by atoms with Crippen molar-refractivity contribution in [1.82, 2.24) is 5.32 Å². The maximum absolute atomic E-state index is 11.5. The number of halogens is 2. The summed E-state index contributed by atoms with van der Waals surface area (Å²) in [5.41, 5.74) is 0.650. The molecule has 0 aliphatic rings. The van der Waals surface area contributed by atoms with Gasteiger partial charge in [0, 0.05) is 12.6 Å². The first kappa shape index (κ1) is 15.5. The third-order valence-electron chi connectivity index (χ3n) is 2.25. The summed E-state index contributed by atoms with van der Waals surface area (Å²) < 4.78 is 4.45. The molecular formula is C13H13Cl2NO3. The molecule has 0 bridgehead atoms. The first-order valence-electron chi connectivity index (χ1n) is 5.51. The van der Waals surface area contributed by atoms with Gasteiger partial charge in [0.05, 0.1) is 23.6 Å². The molecule has 0 saturated carbocycles. The third kappa shape index (κ3) is 5.32. The molecule has 1 amide bonds. The van der Waals surface area contributed by atoms with Crippen molar-refractivity contribution in [3.63, 3.8) is 0 Å². The zero-order valence-corrected chi connectivity index (χ0v) is 11.8. The number of carbonyl (C=O) groups excluding carboxylic acids is 2. The molecule has 19 heavy (non-hydrogen) atoms. The normalized spacial score (nSPS) is 10.5. The van der Waals surface area contributed by atoms with Crippen LogP contribution in [0, 0.1) is 0 Å². The topological polar surface area (TPSA) is 55.4 Å². The molecule has 0 radical (unpaired) electrons. The van der Waals surface area contributed by atoms with Gasteiger partial charge in [-0.3, -0.25) is 9.59 Å². The summed E-state index contributed by atoms with van der Waals surface area (Å²) in [4.78, 5) is 22.3. The van der Waals surface area contributed by atoms with E-state index in [-0.39, 0.29) is 24.8 Å². The predicted molar refractivity (Wildman–Crippen MR) is 75.1 cm³/mol. The van der Waals surface area contributed by atoms with Crippen LogP contribution in [0.1, 0.15) is 12.0 Å². The lowest BCUT2D eigenvalue weighted by Gasteiger charge is -2.02. The summed E-state index contributed by atoms with van der Waals surface area (Å²) in [7, 11) is 1.30. The van der Waals surface area contributed by atoms with Gasteiger partial charge in [-0.05, 0) is 17.7 Å². The lowest BCUT2D eigenvalue weighted by atomic mass is 10.2. The van der Waals surface area contributed by atoms with Gasteiger partial charge in [-0.15, -0.1) is 0 Å². The summed E-state index contributed by atoms with van der Waals surface area (Å²) >= 11 is 11.8. The summed E-state index contributed by atoms with van der Waals surface area (Å²) in [6, 6.07) is 5.15. The highest BCUT2D eigenvalue weighted by atomic mass is 35.5. The van der Waals surface area contributed by atoms with Crippen molar-refractivity contribution in [3.05, 3.63) is 39.9 Å². The van der Waals surface area contributed by atoms with E-state index in [2.05, 4.69) is 10.1 Å². The minimum Gasteiger partial charge on any atom is -0.469 e. The number of amides is 1. The summed E-state index contributed by atoms with van der Waals surface area (Å²) in [6.07, 6.45) is 3.02. The van der Waals surface area contributed by atoms with Crippen LogP contribution in [0.15, 0.2) is 24.3 Å². The van der Waals surface area contributed by atoms with Gasteiger partial charge in [-0.25, -0.2) is 0 Å². The maximum atomic E-state index is 11.5. The predicted octanol–water partition coefficient (Wildman–Crippen LogP) is 2.69. The molecule has 0 aliphatic heterocycles. The number of esters is 1. The highest BCUT2D eigenvalue weighted by Crippen LogP contribution is 2.26. The summed E-state index contributed by atoms with van der Waals surface area (Å²) in [5, 5.41) is 3.37. The van der Waals surface area contributed by atoms with E-state index in [0.29, 0.717) is 15.6 Å². The van der Waals surface area contributed by atoms with Crippen molar-refractivity contribution >= 4 is 41.2 Å². The van der Waals surface area contributed by atoms with Crippen LogP contribution in [0.25, 0.3) is 6.08 Å². The largest absolute Gasteiger partial charge is 0.469 e. The Hall–Kier alpha value is -1.52. The zero-order valence-electron chi connectivity index (χ0n) is 10.3. The minimum absolute atomic E-state index is 0.133. The van der Waals surface area contributed by atoms with Crippen molar-refractivity contribution < 1.29 is 14.3 Å². The lowest BCUT2D eigenvalue weighted by Crippen LogP contribution is -2.24. The molecule has 1 aromatic carbocycles. The molecule has 1 aromatic rings. The Bertz CT molecular complexity index is 501. The zero-order chi connectivity index (χ0) is 14.3. The highest BCUT2D eigenvalue weighted by Gasteiger charge is 2.03. The summed E-state index contributed by atoms with van der Waals surface area (Å²) in [5.74, 6) is -0.692. The van der Waals surface area contributed by atoms with E-state index in [1.807, 2.05) is 0 Å². The minimum atomic E-state index is -0.373. The number of hydrogen-bond donors (Lipinski definition) is 1. The van der Waals surface area contributed by atoms with Crippen molar-refractivity contribution in [2.45, 2.75) is 6.42 Å². The number of rotatable bonds is 5. The average molecular weight is 302 g/mol. The molecule has 0 saturated heterocycles. The van der Waals surface area contributed by atoms with Gasteiger partial charge < -0.3 is 10.1 Å². The van der Waals surface area contributed by atoms with E-state index in [0.717, 1.165) is 0 Å². The summed E-state index contributed by atoms with van der Waals surface area (Å²) in [6.45, 7) is 0.221. The Morgan fingerprint density at radius 3 is 2.79 bits per heavy atom. The highest BCUT2D eigenvalue weighted by molar-refractivity contribution is 6.42. The van der Waals surface area contributed by atoms with E-state index in [1.165, 1.54) is 13.2 Å². The van der Waals surface area contributed by atoms with Crippen molar-refractivity contribution in [2.24, 2.45) is 0 Å². The molecule has 6 heteroatoms. The van der Waals surface area contributed by atoms with E-state index in [9.17, 15) is 9.59 Å². The fourth-order valence-corrected chi connectivity index (χ4v) is 1.63. The molecule has 0 fully saturated rings. The van der Waals surface area contributed by atoms with Gasteiger partial charge in [0.1, 0.15) is 0 Å². The van der Waals surface area contributed by atoms with Crippen LogP contribution in [-0.2, 0) is 14.3 Å². The Morgan fingerprint density at radius 2 is 2.11 bits per heavy atom. The van der Waals surface area contributed by atoms with Crippen LogP contribution in [-0.4, -0.2) is 25.5 Å². The van der Waals surface area contributed by atoms with Crippen LogP contribution < -0.4 is 5.32 Å². The van der Waals surface area contributed by atoms with Crippen LogP contribution in [0.5, 0.6) is 0 Å². The second kappa shape index (κ2) is 7.81. The van der Waals surface area contributed by atoms with Gasteiger partial charge in [-0.1, -0.05) is 35.3 Å². The molecule has 4 nitrogen and oxygen atoms in total. The third-order valence-corrected chi connectivity index (χ3v) is 3.09. The van der Waals surface area contributed by atoms with Crippen LogP contribution in [0.4, 0.5) is 0 Å². The fourth-order valence-electron chi connectivity index (χ4n) is 1.26. The first-order valence-corrected chi connectivity index (χ1v) is 6.27. The molecule has 0 heterocycles. The molecule has 0 aliphatic carbocycles. The Balaban J connectivity index is 2.50. The molecule has 102 valence electrons. The SMILES string of the molecule is COC(=O)CCNC(=O)C=Cc1cccc(Cl)c1Cl.